The predicted molar refractivity (Wildman–Crippen MR) is 292 cm³/mol. The van der Waals surface area contributed by atoms with E-state index in [-0.39, 0.29) is 37.3 Å². The third-order valence-corrected chi connectivity index (χ3v) is 14.6. The number of imidazole rings is 1. The summed E-state index contributed by atoms with van der Waals surface area (Å²) in [4.78, 5) is 4.99. The minimum absolute atomic E-state index is 0. The second-order valence-corrected chi connectivity index (χ2v) is 21.8. The molecule has 3 heterocycles. The molecule has 0 bridgehead atoms. The molecule has 0 aliphatic carbocycles. The summed E-state index contributed by atoms with van der Waals surface area (Å²) in [7, 11) is 0. The summed E-state index contributed by atoms with van der Waals surface area (Å²) in [6.45, 7) is 25.0. The van der Waals surface area contributed by atoms with Crippen molar-refractivity contribution in [2.75, 3.05) is 0 Å². The van der Waals surface area contributed by atoms with Gasteiger partial charge in [-0.25, -0.2) is 4.98 Å². The predicted octanol–water partition coefficient (Wildman–Crippen LogP) is 16.3. The molecule has 10 aromatic rings. The Morgan fingerprint density at radius 1 is 0.542 bits per heavy atom. The summed E-state index contributed by atoms with van der Waals surface area (Å²) in [6.07, 6.45) is 8.01. The fourth-order valence-electron chi connectivity index (χ4n) is 10.2. The number of para-hydroxylation sites is 1. The Morgan fingerprint density at radius 3 is 1.78 bits per heavy atom. The molecule has 72 heavy (non-hydrogen) atoms. The summed E-state index contributed by atoms with van der Waals surface area (Å²) >= 11 is 0. The van der Waals surface area contributed by atoms with Crippen LogP contribution < -0.4 is 9.30 Å². The average Bonchev–Trinajstić information content (AvgIpc) is 3.96. The number of hydrogen-bond donors (Lipinski definition) is 0. The van der Waals surface area contributed by atoms with E-state index in [0.29, 0.717) is 23.3 Å². The zero-order chi connectivity index (χ0) is 49.8. The van der Waals surface area contributed by atoms with Crippen molar-refractivity contribution < 1.29 is 30.4 Å². The molecule has 0 amide bonds. The molecular formula is C66H64N4OPt-2. The maximum Gasteiger partial charge on any atom is 0.267 e. The fraction of sp³-hybridized carbons (Fsp3) is 0.242. The van der Waals surface area contributed by atoms with Crippen molar-refractivity contribution in [2.24, 2.45) is 0 Å². The van der Waals surface area contributed by atoms with Gasteiger partial charge in [0.2, 0.25) is 0 Å². The van der Waals surface area contributed by atoms with Gasteiger partial charge in [-0.1, -0.05) is 191 Å². The molecule has 0 aliphatic rings. The van der Waals surface area contributed by atoms with Gasteiger partial charge in [0.1, 0.15) is 5.82 Å². The summed E-state index contributed by atoms with van der Waals surface area (Å²) in [5.74, 6) is 2.62. The molecule has 0 radical (unpaired) electrons. The van der Waals surface area contributed by atoms with Gasteiger partial charge >= 0.3 is 0 Å². The molecule has 0 atom stereocenters. The molecule has 0 saturated carbocycles. The van der Waals surface area contributed by atoms with E-state index in [2.05, 4.69) is 272 Å². The van der Waals surface area contributed by atoms with Crippen LogP contribution in [0.15, 0.2) is 176 Å². The van der Waals surface area contributed by atoms with Crippen LogP contribution in [0.5, 0.6) is 11.5 Å². The largest absolute Gasteiger partial charge is 0.510 e. The van der Waals surface area contributed by atoms with Crippen molar-refractivity contribution in [2.45, 2.75) is 104 Å². The van der Waals surface area contributed by atoms with Crippen LogP contribution in [0.4, 0.5) is 0 Å². The molecule has 0 saturated heterocycles. The minimum atomic E-state index is -0.240. The topological polar surface area (TPSA) is 35.9 Å². The van der Waals surface area contributed by atoms with E-state index >= 15 is 0 Å². The van der Waals surface area contributed by atoms with Crippen molar-refractivity contribution in [1.29, 1.82) is 0 Å². The van der Waals surface area contributed by atoms with Crippen molar-refractivity contribution in [3.63, 3.8) is 0 Å². The standard InChI is InChI=1S/C66H64N4O.Pt/c1-44(2)55-29-21-30-56(45(3)4)63(55)61-42-68(43-69(61)51-27-20-26-48(36-51)65(8,9)46-22-14-12-15-23-46)52-37-50(64(5,6)7)38-54(40-52)71-53-32-33-58-57-28-18-19-31-59(57)70(60(58)41-53)62-39-49(34-35-67-62)66(10,11)47-24-16-13-17-25-47;/h12-39,42,44-45H,1-11H3;/q-2;. The van der Waals surface area contributed by atoms with Gasteiger partial charge in [0.25, 0.3) is 6.33 Å². The van der Waals surface area contributed by atoms with E-state index < -0.39 is 0 Å². The number of hydrogen-bond acceptors (Lipinski definition) is 2. The molecular weight excluding hydrogens is 1060 g/mol. The smallest absolute Gasteiger partial charge is 0.267 e. The van der Waals surface area contributed by atoms with Crippen LogP contribution in [0.2, 0.25) is 0 Å². The molecule has 366 valence electrons. The molecule has 5 nitrogen and oxygen atoms in total. The second-order valence-electron chi connectivity index (χ2n) is 21.8. The van der Waals surface area contributed by atoms with Crippen molar-refractivity contribution in [1.82, 2.24) is 14.1 Å². The van der Waals surface area contributed by atoms with E-state index in [1.165, 1.54) is 38.9 Å². The number of aromatic nitrogens is 4. The van der Waals surface area contributed by atoms with Gasteiger partial charge in [0.05, 0.1) is 11.4 Å². The third-order valence-electron chi connectivity index (χ3n) is 14.6. The summed E-state index contributed by atoms with van der Waals surface area (Å²) in [5.41, 5.74) is 14.1. The van der Waals surface area contributed by atoms with E-state index in [9.17, 15) is 0 Å². The first-order valence-electron chi connectivity index (χ1n) is 25.1. The van der Waals surface area contributed by atoms with Crippen LogP contribution in [-0.4, -0.2) is 14.1 Å². The van der Waals surface area contributed by atoms with E-state index in [0.717, 1.165) is 50.3 Å². The SMILES string of the molecule is CC(C)c1cccc(C(C)C)c1-c1cn(-c2[c-]c(Oc3[c-]c4c(cc3)c3ccccc3n4-c3cc(C(C)(C)c4ccccc4)ccn3)cc(C(C)(C)C)c2)[c-][n+]1-c1cccc(C(C)(C)c2ccccc2)c1.[Pt]. The average molecular weight is 1120 g/mol. The fourth-order valence-corrected chi connectivity index (χ4v) is 10.2. The molecule has 0 aliphatic heterocycles. The van der Waals surface area contributed by atoms with Crippen LogP contribution in [-0.2, 0) is 37.3 Å². The van der Waals surface area contributed by atoms with Crippen LogP contribution >= 0.6 is 0 Å². The first-order chi connectivity index (χ1) is 34.0. The van der Waals surface area contributed by atoms with Gasteiger partial charge in [0.15, 0.2) is 0 Å². The number of benzene rings is 7. The van der Waals surface area contributed by atoms with E-state index in [1.54, 1.807) is 0 Å². The molecule has 6 heteroatoms. The van der Waals surface area contributed by atoms with Crippen LogP contribution in [0.1, 0.15) is 127 Å². The van der Waals surface area contributed by atoms with Crippen LogP contribution in [0.25, 0.3) is 50.3 Å². The second kappa shape index (κ2) is 19.7. The number of nitrogens with zero attached hydrogens (tertiary/aromatic N) is 4. The van der Waals surface area contributed by atoms with Gasteiger partial charge in [0, 0.05) is 61.3 Å². The zero-order valence-electron chi connectivity index (χ0n) is 43.4. The Hall–Kier alpha value is -6.81. The maximum atomic E-state index is 6.93. The zero-order valence-corrected chi connectivity index (χ0v) is 45.7. The Balaban J connectivity index is 0.00000640. The number of fused-ring (bicyclic) bond motifs is 3. The molecule has 10 rings (SSSR count). The maximum absolute atomic E-state index is 6.93. The first-order valence-corrected chi connectivity index (χ1v) is 25.1. The van der Waals surface area contributed by atoms with Gasteiger partial charge < -0.3 is 13.9 Å². The Morgan fingerprint density at radius 2 is 1.14 bits per heavy atom. The quantitative estimate of drug-likeness (QED) is 0.0903. The van der Waals surface area contributed by atoms with E-state index in [1.807, 2.05) is 12.3 Å². The summed E-state index contributed by atoms with van der Waals surface area (Å²) in [6, 6.07) is 66.0. The Bertz CT molecular complexity index is 3530. The third kappa shape index (κ3) is 9.41. The van der Waals surface area contributed by atoms with Crippen molar-refractivity contribution in [3.8, 4) is 39.9 Å². The molecule has 0 unspecified atom stereocenters. The number of ether oxygens (including phenoxy) is 1. The molecule has 7 aromatic carbocycles. The summed E-state index contributed by atoms with van der Waals surface area (Å²) < 4.78 is 13.5. The molecule has 0 spiro atoms. The van der Waals surface area contributed by atoms with Gasteiger partial charge in [-0.2, -0.15) is 17.7 Å². The minimum Gasteiger partial charge on any atom is -0.510 e. The number of pyridine rings is 1. The van der Waals surface area contributed by atoms with Crippen molar-refractivity contribution in [3.05, 3.63) is 234 Å². The van der Waals surface area contributed by atoms with E-state index in [4.69, 9.17) is 9.72 Å². The first kappa shape index (κ1) is 50.1. The van der Waals surface area contributed by atoms with Crippen LogP contribution in [0.3, 0.4) is 0 Å². The monoisotopic (exact) mass is 1120 g/mol. The Kier molecular flexibility index (Phi) is 13.7. The normalized spacial score (nSPS) is 12.2. The van der Waals surface area contributed by atoms with Gasteiger partial charge in [-0.3, -0.25) is 4.57 Å². The Labute approximate surface area is 441 Å². The molecule has 3 aromatic heterocycles. The molecule has 0 fully saturated rings. The molecule has 0 N–H and O–H groups in total. The summed E-state index contributed by atoms with van der Waals surface area (Å²) in [5, 5.41) is 2.21. The number of rotatable bonds is 12. The van der Waals surface area contributed by atoms with Gasteiger partial charge in [-0.05, 0) is 97.6 Å². The van der Waals surface area contributed by atoms with Gasteiger partial charge in [-0.15, -0.1) is 29.7 Å². The van der Waals surface area contributed by atoms with Crippen molar-refractivity contribution >= 4 is 21.8 Å². The van der Waals surface area contributed by atoms with Crippen LogP contribution in [0, 0.1) is 18.5 Å².